The Labute approximate surface area is 114 Å². The van der Waals surface area contributed by atoms with E-state index in [-0.39, 0.29) is 5.15 Å². The number of pyridine rings is 1. The van der Waals surface area contributed by atoms with Crippen LogP contribution in [0.15, 0.2) is 36.4 Å². The maximum Gasteiger partial charge on any atom is 0.179 e. The first-order valence-corrected chi connectivity index (χ1v) is 6.22. The predicted molar refractivity (Wildman–Crippen MR) is 73.2 cm³/mol. The van der Waals surface area contributed by atoms with E-state index < -0.39 is 0 Å². The number of hydrogen-bond acceptors (Lipinski definition) is 2. The number of nitrogens with zero attached hydrogens (tertiary/aromatic N) is 2. The quantitative estimate of drug-likeness (QED) is 0.723. The van der Waals surface area contributed by atoms with Crippen LogP contribution in [0.25, 0.3) is 11.2 Å². The molecule has 2 heterocycles. The van der Waals surface area contributed by atoms with Crippen LogP contribution < -0.4 is 0 Å². The van der Waals surface area contributed by atoms with E-state index in [2.05, 4.69) is 27.1 Å². The molecule has 0 bridgehead atoms. The SMILES string of the molecule is Clc1cc2[nH]c(Cc3ccccc3)nc2nc1Cl. The number of fused-ring (bicyclic) bond motifs is 1. The monoisotopic (exact) mass is 277 g/mol. The lowest BCUT2D eigenvalue weighted by Crippen LogP contribution is -1.89. The Morgan fingerprint density at radius 1 is 1.06 bits per heavy atom. The molecule has 0 aliphatic carbocycles. The number of hydrogen-bond donors (Lipinski definition) is 1. The summed E-state index contributed by atoms with van der Waals surface area (Å²) in [4.78, 5) is 11.7. The summed E-state index contributed by atoms with van der Waals surface area (Å²) >= 11 is 11.8. The maximum atomic E-state index is 5.91. The Morgan fingerprint density at radius 2 is 1.83 bits per heavy atom. The molecule has 0 amide bonds. The third-order valence-corrected chi connectivity index (χ3v) is 3.32. The van der Waals surface area contributed by atoms with Gasteiger partial charge in [0.05, 0.1) is 10.5 Å². The fraction of sp³-hybridized carbons (Fsp3) is 0.0769. The number of aromatic amines is 1. The van der Waals surface area contributed by atoms with Crippen LogP contribution in [0.2, 0.25) is 10.2 Å². The van der Waals surface area contributed by atoms with E-state index in [9.17, 15) is 0 Å². The van der Waals surface area contributed by atoms with Crippen LogP contribution in [0.3, 0.4) is 0 Å². The highest BCUT2D eigenvalue weighted by molar-refractivity contribution is 6.41. The summed E-state index contributed by atoms with van der Waals surface area (Å²) in [6, 6.07) is 11.9. The molecule has 0 saturated heterocycles. The third kappa shape index (κ3) is 2.19. The number of imidazole rings is 1. The topological polar surface area (TPSA) is 41.6 Å². The molecule has 0 unspecified atom stereocenters. The van der Waals surface area contributed by atoms with Gasteiger partial charge in [0, 0.05) is 6.42 Å². The zero-order valence-electron chi connectivity index (χ0n) is 9.32. The number of benzene rings is 1. The van der Waals surface area contributed by atoms with Gasteiger partial charge in [0.1, 0.15) is 11.0 Å². The van der Waals surface area contributed by atoms with E-state index in [1.165, 1.54) is 5.56 Å². The van der Waals surface area contributed by atoms with Crippen molar-refractivity contribution in [2.45, 2.75) is 6.42 Å². The van der Waals surface area contributed by atoms with Gasteiger partial charge in [-0.2, -0.15) is 0 Å². The van der Waals surface area contributed by atoms with E-state index >= 15 is 0 Å². The van der Waals surface area contributed by atoms with Crippen molar-refractivity contribution in [3.8, 4) is 0 Å². The third-order valence-electron chi connectivity index (χ3n) is 2.65. The molecule has 0 atom stereocenters. The Morgan fingerprint density at radius 3 is 2.61 bits per heavy atom. The van der Waals surface area contributed by atoms with Crippen LogP contribution in [0.5, 0.6) is 0 Å². The molecule has 5 heteroatoms. The number of aromatic nitrogens is 3. The number of nitrogens with one attached hydrogen (secondary N) is 1. The van der Waals surface area contributed by atoms with Gasteiger partial charge in [0.15, 0.2) is 5.65 Å². The Kier molecular flexibility index (Phi) is 2.94. The largest absolute Gasteiger partial charge is 0.340 e. The van der Waals surface area contributed by atoms with Crippen molar-refractivity contribution < 1.29 is 0 Å². The number of rotatable bonds is 2. The van der Waals surface area contributed by atoms with Gasteiger partial charge in [-0.05, 0) is 11.6 Å². The minimum absolute atomic E-state index is 0.280. The zero-order valence-corrected chi connectivity index (χ0v) is 10.8. The average Bonchev–Trinajstić information content (AvgIpc) is 2.72. The summed E-state index contributed by atoms with van der Waals surface area (Å²) in [6.07, 6.45) is 0.729. The molecule has 90 valence electrons. The van der Waals surface area contributed by atoms with E-state index in [4.69, 9.17) is 23.2 Å². The number of halogens is 2. The van der Waals surface area contributed by atoms with E-state index in [1.807, 2.05) is 18.2 Å². The van der Waals surface area contributed by atoms with Gasteiger partial charge in [-0.1, -0.05) is 53.5 Å². The molecule has 0 saturated carbocycles. The van der Waals surface area contributed by atoms with Gasteiger partial charge in [-0.25, -0.2) is 9.97 Å². The van der Waals surface area contributed by atoms with Gasteiger partial charge in [0.2, 0.25) is 0 Å². The predicted octanol–water partition coefficient (Wildman–Crippen LogP) is 3.86. The molecule has 0 radical (unpaired) electrons. The summed E-state index contributed by atoms with van der Waals surface area (Å²) in [7, 11) is 0. The van der Waals surface area contributed by atoms with E-state index in [1.54, 1.807) is 6.07 Å². The highest BCUT2D eigenvalue weighted by Gasteiger charge is 2.08. The van der Waals surface area contributed by atoms with Gasteiger partial charge >= 0.3 is 0 Å². The van der Waals surface area contributed by atoms with Crippen molar-refractivity contribution in [3.63, 3.8) is 0 Å². The Hall–Kier alpha value is -1.58. The molecule has 0 spiro atoms. The van der Waals surface area contributed by atoms with Gasteiger partial charge < -0.3 is 4.98 Å². The highest BCUT2D eigenvalue weighted by atomic mass is 35.5. The number of H-pyrrole nitrogens is 1. The molecule has 3 rings (SSSR count). The van der Waals surface area contributed by atoms with Crippen LogP contribution in [-0.2, 0) is 6.42 Å². The Bertz CT molecular complexity index is 653. The Balaban J connectivity index is 1.99. The van der Waals surface area contributed by atoms with Crippen molar-refractivity contribution in [1.29, 1.82) is 0 Å². The summed E-state index contributed by atoms with van der Waals surface area (Å²) < 4.78 is 0. The van der Waals surface area contributed by atoms with E-state index in [0.717, 1.165) is 17.8 Å². The molecular formula is C13H9Cl2N3. The fourth-order valence-electron chi connectivity index (χ4n) is 1.82. The summed E-state index contributed by atoms with van der Waals surface area (Å²) in [5.41, 5.74) is 2.58. The normalized spacial score (nSPS) is 11.0. The summed E-state index contributed by atoms with van der Waals surface area (Å²) in [5.74, 6) is 0.849. The second-order valence-corrected chi connectivity index (χ2v) is 4.74. The molecule has 3 nitrogen and oxygen atoms in total. The van der Waals surface area contributed by atoms with Crippen molar-refractivity contribution in [1.82, 2.24) is 15.0 Å². The maximum absolute atomic E-state index is 5.91. The molecular weight excluding hydrogens is 269 g/mol. The van der Waals surface area contributed by atoms with Crippen LogP contribution in [0.1, 0.15) is 11.4 Å². The fourth-order valence-corrected chi connectivity index (χ4v) is 2.10. The molecule has 2 aromatic heterocycles. The van der Waals surface area contributed by atoms with Crippen molar-refractivity contribution in [2.24, 2.45) is 0 Å². The molecule has 0 fully saturated rings. The van der Waals surface area contributed by atoms with Crippen LogP contribution >= 0.6 is 23.2 Å². The van der Waals surface area contributed by atoms with Gasteiger partial charge in [-0.15, -0.1) is 0 Å². The van der Waals surface area contributed by atoms with Crippen LogP contribution in [0.4, 0.5) is 0 Å². The van der Waals surface area contributed by atoms with Gasteiger partial charge in [-0.3, -0.25) is 0 Å². The first-order valence-electron chi connectivity index (χ1n) is 5.47. The van der Waals surface area contributed by atoms with E-state index in [0.29, 0.717) is 10.7 Å². The summed E-state index contributed by atoms with van der Waals surface area (Å²) in [5, 5.41) is 0.709. The lowest BCUT2D eigenvalue weighted by molar-refractivity contribution is 1.03. The van der Waals surface area contributed by atoms with Crippen molar-refractivity contribution >= 4 is 34.4 Å². The second kappa shape index (κ2) is 4.59. The lowest BCUT2D eigenvalue weighted by atomic mass is 10.1. The highest BCUT2D eigenvalue weighted by Crippen LogP contribution is 2.23. The minimum Gasteiger partial charge on any atom is -0.340 e. The first kappa shape index (κ1) is 11.5. The smallest absolute Gasteiger partial charge is 0.179 e. The molecule has 0 aliphatic rings. The first-order chi connectivity index (χ1) is 8.72. The van der Waals surface area contributed by atoms with Crippen molar-refractivity contribution in [2.75, 3.05) is 0 Å². The zero-order chi connectivity index (χ0) is 12.5. The van der Waals surface area contributed by atoms with Crippen molar-refractivity contribution in [3.05, 3.63) is 58.0 Å². The molecule has 1 N–H and O–H groups in total. The molecule has 0 aliphatic heterocycles. The van der Waals surface area contributed by atoms with Crippen LogP contribution in [-0.4, -0.2) is 15.0 Å². The lowest BCUT2D eigenvalue weighted by Gasteiger charge is -1.95. The average molecular weight is 278 g/mol. The van der Waals surface area contributed by atoms with Crippen LogP contribution in [0, 0.1) is 0 Å². The standard InChI is InChI=1S/C13H9Cl2N3/c14-9-7-10-13(18-12(9)15)17-11(16-10)6-8-4-2-1-3-5-8/h1-5,7H,6H2,(H,16,17,18). The van der Waals surface area contributed by atoms with Gasteiger partial charge in [0.25, 0.3) is 0 Å². The molecule has 18 heavy (non-hydrogen) atoms. The summed E-state index contributed by atoms with van der Waals surface area (Å²) in [6.45, 7) is 0. The molecule has 1 aromatic carbocycles. The second-order valence-electron chi connectivity index (χ2n) is 3.98. The minimum atomic E-state index is 0.280. The molecule has 3 aromatic rings.